The van der Waals surface area contributed by atoms with E-state index in [2.05, 4.69) is 7.11 Å². The molecular weight excluding hydrogens is 104 g/mol. The molecule has 0 N–H and O–H groups in total. The van der Waals surface area contributed by atoms with Crippen molar-refractivity contribution in [2.75, 3.05) is 13.7 Å². The third kappa shape index (κ3) is 2.99. The number of hydrogen-bond donors (Lipinski definition) is 0. The van der Waals surface area contributed by atoms with Gasteiger partial charge in [0, 0.05) is 7.11 Å². The second kappa shape index (κ2) is 3.05. The molecule has 8 heavy (non-hydrogen) atoms. The summed E-state index contributed by atoms with van der Waals surface area (Å²) in [6, 6.07) is 0. The summed E-state index contributed by atoms with van der Waals surface area (Å²) in [5, 5.41) is 0. The zero-order valence-electron chi connectivity index (χ0n) is 5.73. The number of hydrogen-bond acceptors (Lipinski definition) is 2. The van der Waals surface area contributed by atoms with E-state index in [4.69, 9.17) is 9.47 Å². The molecule has 0 aliphatic carbocycles. The van der Waals surface area contributed by atoms with Gasteiger partial charge in [0.05, 0.1) is 19.3 Å². The second-order valence-corrected chi connectivity index (χ2v) is 2.34. The molecule has 0 saturated heterocycles. The Balaban J connectivity index is 3.37. The highest BCUT2D eigenvalue weighted by Crippen LogP contribution is 2.06. The maximum atomic E-state index is 4.83. The van der Waals surface area contributed by atoms with Gasteiger partial charge in [0.25, 0.3) is 0 Å². The van der Waals surface area contributed by atoms with Crippen LogP contribution in [0.4, 0.5) is 0 Å². The molecule has 0 aromatic rings. The molecule has 0 aromatic carbocycles. The molecule has 2 nitrogen and oxygen atoms in total. The van der Waals surface area contributed by atoms with Crippen LogP contribution in [0, 0.1) is 7.11 Å². The van der Waals surface area contributed by atoms with Crippen molar-refractivity contribution in [1.82, 2.24) is 0 Å². The van der Waals surface area contributed by atoms with Crippen molar-refractivity contribution in [2.24, 2.45) is 0 Å². The van der Waals surface area contributed by atoms with Crippen molar-refractivity contribution >= 4 is 0 Å². The normalized spacial score (nSPS) is 12.0. The molecule has 2 heteroatoms. The van der Waals surface area contributed by atoms with Crippen LogP contribution in [-0.2, 0) is 9.47 Å². The summed E-state index contributed by atoms with van der Waals surface area (Å²) in [5.41, 5.74) is -0.241. The van der Waals surface area contributed by atoms with Gasteiger partial charge >= 0.3 is 0 Å². The SMILES string of the molecule is [CH2]OC(C)(C)COC. The van der Waals surface area contributed by atoms with Crippen LogP contribution in [0.1, 0.15) is 13.8 Å². The van der Waals surface area contributed by atoms with Gasteiger partial charge in [-0.05, 0) is 13.8 Å². The Hall–Kier alpha value is -0.0800. The van der Waals surface area contributed by atoms with Crippen LogP contribution < -0.4 is 0 Å². The molecule has 49 valence electrons. The smallest absolute Gasteiger partial charge is 0.0859 e. The molecule has 0 heterocycles. The lowest BCUT2D eigenvalue weighted by atomic mass is 10.2. The van der Waals surface area contributed by atoms with Crippen LogP contribution in [0.2, 0.25) is 0 Å². The largest absolute Gasteiger partial charge is 0.382 e. The fourth-order valence-electron chi connectivity index (χ4n) is 0.389. The lowest BCUT2D eigenvalue weighted by molar-refractivity contribution is -0.0176. The van der Waals surface area contributed by atoms with Crippen LogP contribution >= 0.6 is 0 Å². The highest BCUT2D eigenvalue weighted by molar-refractivity contribution is 4.65. The summed E-state index contributed by atoms with van der Waals surface area (Å²) in [4.78, 5) is 0. The van der Waals surface area contributed by atoms with E-state index in [0.29, 0.717) is 6.61 Å². The monoisotopic (exact) mass is 117 g/mol. The van der Waals surface area contributed by atoms with Crippen LogP contribution in [0.15, 0.2) is 0 Å². The molecule has 0 aliphatic heterocycles. The summed E-state index contributed by atoms with van der Waals surface area (Å²) in [5.74, 6) is 0. The highest BCUT2D eigenvalue weighted by Gasteiger charge is 2.14. The first-order chi connectivity index (χ1) is 3.62. The van der Waals surface area contributed by atoms with Gasteiger partial charge in [-0.3, -0.25) is 0 Å². The molecule has 0 rings (SSSR count). The molecule has 0 atom stereocenters. The Kier molecular flexibility index (Phi) is 3.02. The summed E-state index contributed by atoms with van der Waals surface area (Å²) in [6.07, 6.45) is 0. The van der Waals surface area contributed by atoms with Crippen molar-refractivity contribution in [2.45, 2.75) is 19.4 Å². The van der Waals surface area contributed by atoms with Gasteiger partial charge in [-0.25, -0.2) is 0 Å². The fraction of sp³-hybridized carbons (Fsp3) is 0.833. The molecule has 1 radical (unpaired) electrons. The van der Waals surface area contributed by atoms with E-state index < -0.39 is 0 Å². The minimum absolute atomic E-state index is 0.241. The first-order valence-corrected chi connectivity index (χ1v) is 2.54. The van der Waals surface area contributed by atoms with E-state index in [9.17, 15) is 0 Å². The summed E-state index contributed by atoms with van der Waals surface area (Å²) >= 11 is 0. The quantitative estimate of drug-likeness (QED) is 0.553. The summed E-state index contributed by atoms with van der Waals surface area (Å²) < 4.78 is 9.64. The molecule has 0 amide bonds. The van der Waals surface area contributed by atoms with Crippen LogP contribution in [0.3, 0.4) is 0 Å². The van der Waals surface area contributed by atoms with Gasteiger partial charge in [-0.1, -0.05) is 0 Å². The molecule has 0 aliphatic rings. The number of rotatable bonds is 3. The summed E-state index contributed by atoms with van der Waals surface area (Å²) in [6.45, 7) is 4.42. The standard InChI is InChI=1S/C6H13O2/c1-6(2,8-4)5-7-3/h4-5H2,1-3H3. The average molecular weight is 117 g/mol. The van der Waals surface area contributed by atoms with Gasteiger partial charge in [-0.15, -0.1) is 0 Å². The number of ether oxygens (including phenoxy) is 2. The summed E-state index contributed by atoms with van der Waals surface area (Å²) in [7, 11) is 4.94. The fourth-order valence-corrected chi connectivity index (χ4v) is 0.389. The zero-order valence-corrected chi connectivity index (χ0v) is 5.73. The van der Waals surface area contributed by atoms with Crippen molar-refractivity contribution in [3.8, 4) is 0 Å². The first-order valence-electron chi connectivity index (χ1n) is 2.54. The molecular formula is C6H13O2. The topological polar surface area (TPSA) is 18.5 Å². The predicted octanol–water partition coefficient (Wildman–Crippen LogP) is 1.22. The molecule has 0 bridgehead atoms. The minimum atomic E-state index is -0.241. The Morgan fingerprint density at radius 1 is 1.50 bits per heavy atom. The first kappa shape index (κ1) is 7.92. The lowest BCUT2D eigenvalue weighted by Gasteiger charge is -2.20. The van der Waals surface area contributed by atoms with E-state index in [0.717, 1.165) is 0 Å². The van der Waals surface area contributed by atoms with Crippen LogP contribution in [0.5, 0.6) is 0 Å². The zero-order chi connectivity index (χ0) is 6.62. The molecule has 0 unspecified atom stereocenters. The van der Waals surface area contributed by atoms with Crippen molar-refractivity contribution in [3.05, 3.63) is 7.11 Å². The van der Waals surface area contributed by atoms with E-state index >= 15 is 0 Å². The number of methoxy groups -OCH3 is 1. The minimum Gasteiger partial charge on any atom is -0.382 e. The third-order valence-electron chi connectivity index (χ3n) is 0.883. The van der Waals surface area contributed by atoms with Gasteiger partial charge in [-0.2, -0.15) is 0 Å². The van der Waals surface area contributed by atoms with Gasteiger partial charge < -0.3 is 9.47 Å². The average Bonchev–Trinajstić information content (AvgIpc) is 1.67. The van der Waals surface area contributed by atoms with E-state index in [1.54, 1.807) is 7.11 Å². The Bertz CT molecular complexity index is 59.5. The molecule has 0 aromatic heterocycles. The van der Waals surface area contributed by atoms with Crippen molar-refractivity contribution in [3.63, 3.8) is 0 Å². The van der Waals surface area contributed by atoms with Crippen LogP contribution in [0.25, 0.3) is 0 Å². The third-order valence-corrected chi connectivity index (χ3v) is 0.883. The van der Waals surface area contributed by atoms with E-state index in [-0.39, 0.29) is 5.60 Å². The van der Waals surface area contributed by atoms with Crippen molar-refractivity contribution < 1.29 is 9.47 Å². The Morgan fingerprint density at radius 3 is 2.12 bits per heavy atom. The molecule has 0 spiro atoms. The van der Waals surface area contributed by atoms with Crippen LogP contribution in [-0.4, -0.2) is 19.3 Å². The Labute approximate surface area is 50.8 Å². The maximum absolute atomic E-state index is 4.83. The predicted molar refractivity (Wildman–Crippen MR) is 32.4 cm³/mol. The van der Waals surface area contributed by atoms with E-state index in [1.807, 2.05) is 13.8 Å². The maximum Gasteiger partial charge on any atom is 0.0859 e. The van der Waals surface area contributed by atoms with Gasteiger partial charge in [0.2, 0.25) is 0 Å². The molecule has 0 saturated carbocycles. The second-order valence-electron chi connectivity index (χ2n) is 2.34. The van der Waals surface area contributed by atoms with E-state index in [1.165, 1.54) is 0 Å². The van der Waals surface area contributed by atoms with Gasteiger partial charge in [0.15, 0.2) is 0 Å². The lowest BCUT2D eigenvalue weighted by Crippen LogP contribution is -2.27. The van der Waals surface area contributed by atoms with Gasteiger partial charge in [0.1, 0.15) is 0 Å². The highest BCUT2D eigenvalue weighted by atomic mass is 16.5. The Morgan fingerprint density at radius 2 is 2.00 bits per heavy atom. The van der Waals surface area contributed by atoms with Crippen molar-refractivity contribution in [1.29, 1.82) is 0 Å². The molecule has 0 fully saturated rings.